The second-order valence-electron chi connectivity index (χ2n) is 5.93. The Morgan fingerprint density at radius 1 is 0.952 bits per heavy atom. The van der Waals surface area contributed by atoms with Crippen LogP contribution in [0, 0.1) is 0 Å². The van der Waals surface area contributed by atoms with E-state index in [0.717, 1.165) is 70.7 Å². The van der Waals surface area contributed by atoms with E-state index in [1.165, 1.54) is 0 Å². The van der Waals surface area contributed by atoms with Crippen LogP contribution in [0.2, 0.25) is 0 Å². The molecule has 116 valence electrons. The highest BCUT2D eigenvalue weighted by molar-refractivity contribution is 5.44. The van der Waals surface area contributed by atoms with E-state index in [0.29, 0.717) is 0 Å². The van der Waals surface area contributed by atoms with E-state index in [2.05, 4.69) is 38.6 Å². The van der Waals surface area contributed by atoms with E-state index >= 15 is 0 Å². The van der Waals surface area contributed by atoms with Gasteiger partial charge in [-0.25, -0.2) is 4.98 Å². The Labute approximate surface area is 127 Å². The molecule has 3 rings (SSSR count). The number of piperazine rings is 2. The predicted molar refractivity (Wildman–Crippen MR) is 86.1 cm³/mol. The Kier molecular flexibility index (Phi) is 4.55. The summed E-state index contributed by atoms with van der Waals surface area (Å²) in [4.78, 5) is 18.8. The van der Waals surface area contributed by atoms with E-state index in [-0.39, 0.29) is 0 Å². The molecule has 2 fully saturated rings. The molecule has 2 aliphatic rings. The van der Waals surface area contributed by atoms with E-state index in [1.807, 2.05) is 12.3 Å². The minimum absolute atomic E-state index is 0.891. The molecule has 1 aromatic rings. The van der Waals surface area contributed by atoms with Crippen molar-refractivity contribution in [3.05, 3.63) is 12.3 Å². The normalized spacial score (nSPS) is 21.8. The molecule has 6 nitrogen and oxygen atoms in total. The van der Waals surface area contributed by atoms with Crippen molar-refractivity contribution in [2.45, 2.75) is 6.92 Å². The maximum absolute atomic E-state index is 4.80. The lowest BCUT2D eigenvalue weighted by molar-refractivity contribution is 0.270. The first-order chi connectivity index (χ1) is 10.3. The summed E-state index contributed by atoms with van der Waals surface area (Å²) in [7, 11) is 2.18. The summed E-state index contributed by atoms with van der Waals surface area (Å²) in [5.41, 5.74) is 0. The van der Waals surface area contributed by atoms with Gasteiger partial charge in [0.05, 0.1) is 0 Å². The maximum atomic E-state index is 4.80. The third kappa shape index (κ3) is 3.44. The number of hydrogen-bond donors (Lipinski definition) is 0. The third-order valence-corrected chi connectivity index (χ3v) is 4.56. The number of anilines is 2. The Balaban J connectivity index is 1.66. The summed E-state index contributed by atoms with van der Waals surface area (Å²) < 4.78 is 0. The van der Waals surface area contributed by atoms with Crippen molar-refractivity contribution in [2.24, 2.45) is 0 Å². The number of aromatic nitrogens is 2. The van der Waals surface area contributed by atoms with Gasteiger partial charge in [0, 0.05) is 58.6 Å². The standard InChI is InChI=1S/C15H26N6/c1-3-19-8-12-21(13-9-19)15-16-5-4-14(17-15)20-10-6-18(2)7-11-20/h4-5H,3,6-13H2,1-2H3. The van der Waals surface area contributed by atoms with Gasteiger partial charge in [0.25, 0.3) is 0 Å². The van der Waals surface area contributed by atoms with Crippen LogP contribution in [-0.4, -0.2) is 85.7 Å². The summed E-state index contributed by atoms with van der Waals surface area (Å²) in [5, 5.41) is 0. The molecule has 2 saturated heterocycles. The van der Waals surface area contributed by atoms with E-state index < -0.39 is 0 Å². The lowest BCUT2D eigenvalue weighted by atomic mass is 10.3. The minimum atomic E-state index is 0.891. The third-order valence-electron chi connectivity index (χ3n) is 4.56. The van der Waals surface area contributed by atoms with Gasteiger partial charge in [-0.15, -0.1) is 0 Å². The van der Waals surface area contributed by atoms with Crippen molar-refractivity contribution in [3.8, 4) is 0 Å². The van der Waals surface area contributed by atoms with Crippen LogP contribution >= 0.6 is 0 Å². The zero-order valence-corrected chi connectivity index (χ0v) is 13.2. The molecule has 3 heterocycles. The highest BCUT2D eigenvalue weighted by Crippen LogP contribution is 2.17. The molecule has 0 bridgehead atoms. The molecule has 0 amide bonds. The van der Waals surface area contributed by atoms with Crippen LogP contribution < -0.4 is 9.80 Å². The lowest BCUT2D eigenvalue weighted by Crippen LogP contribution is -2.47. The van der Waals surface area contributed by atoms with Gasteiger partial charge in [-0.3, -0.25) is 0 Å². The Bertz CT molecular complexity index is 449. The molecular weight excluding hydrogens is 264 g/mol. The highest BCUT2D eigenvalue weighted by Gasteiger charge is 2.20. The fraction of sp³-hybridized carbons (Fsp3) is 0.733. The topological polar surface area (TPSA) is 38.7 Å². The molecule has 2 aliphatic heterocycles. The fourth-order valence-corrected chi connectivity index (χ4v) is 2.97. The summed E-state index contributed by atoms with van der Waals surface area (Å²) in [5.74, 6) is 1.97. The van der Waals surface area contributed by atoms with Crippen molar-refractivity contribution in [1.29, 1.82) is 0 Å². The predicted octanol–water partition coefficient (Wildman–Crippen LogP) is 0.370. The Morgan fingerprint density at radius 3 is 2.29 bits per heavy atom. The molecule has 0 spiro atoms. The van der Waals surface area contributed by atoms with Crippen LogP contribution in [0.5, 0.6) is 0 Å². The first-order valence-electron chi connectivity index (χ1n) is 8.00. The average Bonchev–Trinajstić information content (AvgIpc) is 2.56. The minimum Gasteiger partial charge on any atom is -0.354 e. The van der Waals surface area contributed by atoms with Crippen LogP contribution in [0.4, 0.5) is 11.8 Å². The maximum Gasteiger partial charge on any atom is 0.227 e. The number of nitrogens with zero attached hydrogens (tertiary/aromatic N) is 6. The Hall–Kier alpha value is -1.40. The average molecular weight is 290 g/mol. The zero-order valence-electron chi connectivity index (χ0n) is 13.2. The lowest BCUT2D eigenvalue weighted by Gasteiger charge is -2.35. The number of rotatable bonds is 3. The zero-order chi connectivity index (χ0) is 14.7. The highest BCUT2D eigenvalue weighted by atomic mass is 15.3. The quantitative estimate of drug-likeness (QED) is 0.801. The van der Waals surface area contributed by atoms with Crippen LogP contribution in [-0.2, 0) is 0 Å². The van der Waals surface area contributed by atoms with Crippen molar-refractivity contribution in [3.63, 3.8) is 0 Å². The van der Waals surface area contributed by atoms with Gasteiger partial charge in [-0.2, -0.15) is 4.98 Å². The van der Waals surface area contributed by atoms with E-state index in [9.17, 15) is 0 Å². The number of likely N-dealkylation sites (N-methyl/N-ethyl adjacent to an activating group) is 2. The molecular formula is C15H26N6. The van der Waals surface area contributed by atoms with Crippen LogP contribution in [0.1, 0.15) is 6.92 Å². The molecule has 21 heavy (non-hydrogen) atoms. The van der Waals surface area contributed by atoms with Crippen LogP contribution in [0.15, 0.2) is 12.3 Å². The van der Waals surface area contributed by atoms with Gasteiger partial charge in [0.2, 0.25) is 5.95 Å². The molecule has 6 heteroatoms. The largest absolute Gasteiger partial charge is 0.354 e. The van der Waals surface area contributed by atoms with Crippen molar-refractivity contribution in [1.82, 2.24) is 19.8 Å². The number of hydrogen-bond acceptors (Lipinski definition) is 6. The molecule has 1 aromatic heterocycles. The smallest absolute Gasteiger partial charge is 0.227 e. The molecule has 0 unspecified atom stereocenters. The molecule has 0 saturated carbocycles. The van der Waals surface area contributed by atoms with E-state index in [4.69, 9.17) is 4.98 Å². The molecule has 0 radical (unpaired) electrons. The summed E-state index contributed by atoms with van der Waals surface area (Å²) in [6.45, 7) is 11.9. The monoisotopic (exact) mass is 290 g/mol. The second kappa shape index (κ2) is 6.58. The second-order valence-corrected chi connectivity index (χ2v) is 5.93. The van der Waals surface area contributed by atoms with Gasteiger partial charge in [0.1, 0.15) is 5.82 Å². The van der Waals surface area contributed by atoms with Crippen molar-refractivity contribution >= 4 is 11.8 Å². The van der Waals surface area contributed by atoms with Gasteiger partial charge in [-0.05, 0) is 19.7 Å². The molecule has 0 atom stereocenters. The van der Waals surface area contributed by atoms with Crippen molar-refractivity contribution in [2.75, 3.05) is 75.8 Å². The summed E-state index contributed by atoms with van der Waals surface area (Å²) in [6.07, 6.45) is 1.90. The molecule has 0 aromatic carbocycles. The van der Waals surface area contributed by atoms with Crippen LogP contribution in [0.25, 0.3) is 0 Å². The first kappa shape index (κ1) is 14.5. The van der Waals surface area contributed by atoms with Gasteiger partial charge in [-0.1, -0.05) is 6.92 Å². The van der Waals surface area contributed by atoms with Crippen LogP contribution in [0.3, 0.4) is 0 Å². The van der Waals surface area contributed by atoms with E-state index in [1.54, 1.807) is 0 Å². The first-order valence-corrected chi connectivity index (χ1v) is 8.00. The van der Waals surface area contributed by atoms with Gasteiger partial charge in [0.15, 0.2) is 0 Å². The SMILES string of the molecule is CCN1CCN(c2nccc(N3CCN(C)CC3)n2)CC1. The van der Waals surface area contributed by atoms with Gasteiger partial charge >= 0.3 is 0 Å². The molecule has 0 N–H and O–H groups in total. The summed E-state index contributed by atoms with van der Waals surface area (Å²) >= 11 is 0. The Morgan fingerprint density at radius 2 is 1.62 bits per heavy atom. The van der Waals surface area contributed by atoms with Gasteiger partial charge < -0.3 is 19.6 Å². The molecule has 0 aliphatic carbocycles. The fourth-order valence-electron chi connectivity index (χ4n) is 2.97. The summed E-state index contributed by atoms with van der Waals surface area (Å²) in [6, 6.07) is 2.04. The van der Waals surface area contributed by atoms with Crippen molar-refractivity contribution < 1.29 is 0 Å².